The van der Waals surface area contributed by atoms with E-state index in [0.29, 0.717) is 13.3 Å². The Kier molecular flexibility index (Phi) is 5.84. The van der Waals surface area contributed by atoms with Crippen LogP contribution in [0.15, 0.2) is 41.4 Å². The number of hydrogen-bond donors (Lipinski definition) is 2. The van der Waals surface area contributed by atoms with Crippen molar-refractivity contribution in [3.63, 3.8) is 0 Å². The summed E-state index contributed by atoms with van der Waals surface area (Å²) >= 11 is 0. The summed E-state index contributed by atoms with van der Waals surface area (Å²) in [5.41, 5.74) is 3.46. The average molecular weight is 355 g/mol. The first-order valence-electron chi connectivity index (χ1n) is 8.66. The van der Waals surface area contributed by atoms with Crippen LogP contribution in [-0.4, -0.2) is 33.5 Å². The summed E-state index contributed by atoms with van der Waals surface area (Å²) < 4.78 is 16.2. The van der Waals surface area contributed by atoms with Crippen LogP contribution < -0.4 is 24.8 Å². The lowest BCUT2D eigenvalue weighted by Crippen LogP contribution is -2.37. The van der Waals surface area contributed by atoms with Crippen LogP contribution in [0.5, 0.6) is 17.2 Å². The number of guanidine groups is 1. The first-order chi connectivity index (χ1) is 12.7. The van der Waals surface area contributed by atoms with Gasteiger partial charge in [0.1, 0.15) is 5.75 Å². The highest BCUT2D eigenvalue weighted by atomic mass is 16.7. The summed E-state index contributed by atoms with van der Waals surface area (Å²) in [6.07, 6.45) is 0.866. The number of aliphatic imine (C=N–C) groups is 1. The Morgan fingerprint density at radius 1 is 1.12 bits per heavy atom. The van der Waals surface area contributed by atoms with Crippen LogP contribution in [0.25, 0.3) is 0 Å². The SMILES string of the molecule is CN=C(NCCc1ccc2c(c1)OCO2)NCc1ccc(C)cc1OC. The zero-order valence-electron chi connectivity index (χ0n) is 15.5. The Morgan fingerprint density at radius 3 is 2.77 bits per heavy atom. The van der Waals surface area contributed by atoms with E-state index in [9.17, 15) is 0 Å². The number of rotatable bonds is 6. The average Bonchev–Trinajstić information content (AvgIpc) is 3.13. The van der Waals surface area contributed by atoms with Gasteiger partial charge in [-0.3, -0.25) is 4.99 Å². The molecular weight excluding hydrogens is 330 g/mol. The fourth-order valence-corrected chi connectivity index (χ4v) is 2.82. The number of benzene rings is 2. The molecule has 0 aliphatic carbocycles. The number of aryl methyl sites for hydroxylation is 1. The van der Waals surface area contributed by atoms with Crippen molar-refractivity contribution in [2.24, 2.45) is 4.99 Å². The third-order valence-electron chi connectivity index (χ3n) is 4.26. The standard InChI is InChI=1S/C20H25N3O3/c1-14-4-6-16(18(10-14)24-3)12-23-20(21-2)22-9-8-15-5-7-17-19(11-15)26-13-25-17/h4-7,10-11H,8-9,12-13H2,1-3H3,(H2,21,22,23). The highest BCUT2D eigenvalue weighted by Crippen LogP contribution is 2.32. The van der Waals surface area contributed by atoms with Crippen molar-refractivity contribution in [1.82, 2.24) is 10.6 Å². The molecular formula is C20H25N3O3. The van der Waals surface area contributed by atoms with Crippen LogP contribution in [0.2, 0.25) is 0 Å². The third kappa shape index (κ3) is 4.39. The van der Waals surface area contributed by atoms with Gasteiger partial charge in [-0.2, -0.15) is 0 Å². The lowest BCUT2D eigenvalue weighted by Gasteiger charge is -2.14. The number of hydrogen-bond acceptors (Lipinski definition) is 4. The predicted molar refractivity (Wildman–Crippen MR) is 102 cm³/mol. The quantitative estimate of drug-likeness (QED) is 0.616. The van der Waals surface area contributed by atoms with E-state index in [1.165, 1.54) is 11.1 Å². The van der Waals surface area contributed by atoms with Gasteiger partial charge in [0.2, 0.25) is 6.79 Å². The van der Waals surface area contributed by atoms with Crippen molar-refractivity contribution >= 4 is 5.96 Å². The van der Waals surface area contributed by atoms with Crippen LogP contribution in [0, 0.1) is 6.92 Å². The van der Waals surface area contributed by atoms with Gasteiger partial charge in [0, 0.05) is 25.7 Å². The molecule has 0 atom stereocenters. The Balaban J connectivity index is 1.49. The Hall–Kier alpha value is -2.89. The maximum Gasteiger partial charge on any atom is 0.231 e. The molecule has 0 saturated carbocycles. The largest absolute Gasteiger partial charge is 0.496 e. The fourth-order valence-electron chi connectivity index (χ4n) is 2.82. The number of methoxy groups -OCH3 is 1. The second-order valence-electron chi connectivity index (χ2n) is 6.11. The van der Waals surface area contributed by atoms with E-state index in [-0.39, 0.29) is 0 Å². The molecule has 2 N–H and O–H groups in total. The summed E-state index contributed by atoms with van der Waals surface area (Å²) in [7, 11) is 3.46. The summed E-state index contributed by atoms with van der Waals surface area (Å²) in [5, 5.41) is 6.65. The lowest BCUT2D eigenvalue weighted by atomic mass is 10.1. The van der Waals surface area contributed by atoms with Crippen LogP contribution in [0.3, 0.4) is 0 Å². The normalized spacial score (nSPS) is 12.8. The molecule has 0 spiro atoms. The zero-order chi connectivity index (χ0) is 18.4. The maximum atomic E-state index is 5.45. The summed E-state index contributed by atoms with van der Waals surface area (Å²) in [4.78, 5) is 4.27. The van der Waals surface area contributed by atoms with Gasteiger partial charge >= 0.3 is 0 Å². The minimum Gasteiger partial charge on any atom is -0.496 e. The molecule has 26 heavy (non-hydrogen) atoms. The van der Waals surface area contributed by atoms with Crippen molar-refractivity contribution < 1.29 is 14.2 Å². The van der Waals surface area contributed by atoms with E-state index in [4.69, 9.17) is 14.2 Å². The molecule has 0 amide bonds. The molecule has 2 aromatic carbocycles. The van der Waals surface area contributed by atoms with Gasteiger partial charge in [-0.15, -0.1) is 0 Å². The number of ether oxygens (including phenoxy) is 3. The molecule has 1 heterocycles. The first kappa shape index (κ1) is 17.9. The monoisotopic (exact) mass is 355 g/mol. The molecule has 0 bridgehead atoms. The minimum absolute atomic E-state index is 0.302. The predicted octanol–water partition coefficient (Wildman–Crippen LogP) is 2.64. The molecule has 0 unspecified atom stereocenters. The van der Waals surface area contributed by atoms with Crippen molar-refractivity contribution in [1.29, 1.82) is 0 Å². The second kappa shape index (κ2) is 8.47. The van der Waals surface area contributed by atoms with Crippen LogP contribution in [0.4, 0.5) is 0 Å². The molecule has 2 aromatic rings. The Labute approximate surface area is 154 Å². The smallest absolute Gasteiger partial charge is 0.231 e. The maximum absolute atomic E-state index is 5.45. The summed E-state index contributed by atoms with van der Waals surface area (Å²) in [6.45, 7) is 3.77. The second-order valence-corrected chi connectivity index (χ2v) is 6.11. The van der Waals surface area contributed by atoms with Crippen LogP contribution >= 0.6 is 0 Å². The lowest BCUT2D eigenvalue weighted by molar-refractivity contribution is 0.174. The number of nitrogens with one attached hydrogen (secondary N) is 2. The van der Waals surface area contributed by atoms with Gasteiger partial charge in [-0.05, 0) is 42.7 Å². The molecule has 0 fully saturated rings. The van der Waals surface area contributed by atoms with Gasteiger partial charge in [0.15, 0.2) is 17.5 Å². The van der Waals surface area contributed by atoms with Gasteiger partial charge in [-0.25, -0.2) is 0 Å². The molecule has 1 aliphatic heterocycles. The molecule has 1 aliphatic rings. The van der Waals surface area contributed by atoms with E-state index < -0.39 is 0 Å². The van der Waals surface area contributed by atoms with E-state index in [2.05, 4.69) is 40.7 Å². The molecule has 0 aromatic heterocycles. The highest BCUT2D eigenvalue weighted by Gasteiger charge is 2.13. The molecule has 0 saturated heterocycles. The van der Waals surface area contributed by atoms with Gasteiger partial charge in [0.05, 0.1) is 7.11 Å². The Bertz CT molecular complexity index is 790. The minimum atomic E-state index is 0.302. The van der Waals surface area contributed by atoms with E-state index in [1.807, 2.05) is 18.2 Å². The van der Waals surface area contributed by atoms with Crippen molar-refractivity contribution in [2.75, 3.05) is 27.5 Å². The van der Waals surface area contributed by atoms with E-state index >= 15 is 0 Å². The van der Waals surface area contributed by atoms with Crippen LogP contribution in [-0.2, 0) is 13.0 Å². The number of nitrogens with zero attached hydrogens (tertiary/aromatic N) is 1. The third-order valence-corrected chi connectivity index (χ3v) is 4.26. The zero-order valence-corrected chi connectivity index (χ0v) is 15.5. The van der Waals surface area contributed by atoms with E-state index in [1.54, 1.807) is 14.2 Å². The van der Waals surface area contributed by atoms with Crippen molar-refractivity contribution in [3.8, 4) is 17.2 Å². The molecule has 6 nitrogen and oxygen atoms in total. The van der Waals surface area contributed by atoms with Gasteiger partial charge in [0.25, 0.3) is 0 Å². The molecule has 0 radical (unpaired) electrons. The first-order valence-corrected chi connectivity index (χ1v) is 8.66. The number of fused-ring (bicyclic) bond motifs is 1. The Morgan fingerprint density at radius 2 is 1.96 bits per heavy atom. The van der Waals surface area contributed by atoms with Crippen molar-refractivity contribution in [3.05, 3.63) is 53.1 Å². The van der Waals surface area contributed by atoms with Crippen molar-refractivity contribution in [2.45, 2.75) is 19.9 Å². The molecule has 6 heteroatoms. The summed E-state index contributed by atoms with van der Waals surface area (Å²) in [5.74, 6) is 3.27. The molecule has 138 valence electrons. The van der Waals surface area contributed by atoms with Crippen LogP contribution in [0.1, 0.15) is 16.7 Å². The fraction of sp³-hybridized carbons (Fsp3) is 0.350. The highest BCUT2D eigenvalue weighted by molar-refractivity contribution is 5.79. The van der Waals surface area contributed by atoms with E-state index in [0.717, 1.165) is 41.7 Å². The topological polar surface area (TPSA) is 64.1 Å². The van der Waals surface area contributed by atoms with Gasteiger partial charge in [-0.1, -0.05) is 18.2 Å². The summed E-state index contributed by atoms with van der Waals surface area (Å²) in [6, 6.07) is 12.2. The molecule has 3 rings (SSSR count). The van der Waals surface area contributed by atoms with Gasteiger partial charge < -0.3 is 24.8 Å².